The second-order valence-electron chi connectivity index (χ2n) is 5.97. The minimum absolute atomic E-state index is 0.192. The normalized spacial score (nSPS) is 9.97. The first-order chi connectivity index (χ1) is 14.4. The predicted molar refractivity (Wildman–Crippen MR) is 107 cm³/mol. The molecule has 0 bridgehead atoms. The van der Waals surface area contributed by atoms with E-state index in [1.54, 1.807) is 30.3 Å². The summed E-state index contributed by atoms with van der Waals surface area (Å²) in [4.78, 5) is 34.6. The maximum Gasteiger partial charge on any atom is 0.345 e. The minimum atomic E-state index is -0.997. The van der Waals surface area contributed by atoms with Crippen LogP contribution in [-0.4, -0.2) is 43.8 Å². The molecule has 2 aromatic rings. The molecule has 0 aliphatic rings. The number of benzene rings is 2. The molecule has 0 aliphatic heterocycles. The van der Waals surface area contributed by atoms with Crippen LogP contribution in [0.2, 0.25) is 0 Å². The summed E-state index contributed by atoms with van der Waals surface area (Å²) in [7, 11) is 2.34. The molecule has 30 heavy (non-hydrogen) atoms. The maximum absolute atomic E-state index is 11.8. The van der Waals surface area contributed by atoms with Crippen molar-refractivity contribution in [3.8, 4) is 11.5 Å². The molecular formula is C22H22O8. The van der Waals surface area contributed by atoms with Crippen molar-refractivity contribution in [2.75, 3.05) is 20.8 Å². The predicted octanol–water partition coefficient (Wildman–Crippen LogP) is 3.09. The largest absolute Gasteiger partial charge is 0.490 e. The molecule has 0 atom stereocenters. The second-order valence-corrected chi connectivity index (χ2v) is 5.97. The summed E-state index contributed by atoms with van der Waals surface area (Å²) in [5, 5.41) is 8.96. The molecule has 0 radical (unpaired) electrons. The number of hydrogen-bond donors (Lipinski definition) is 1. The van der Waals surface area contributed by atoms with Gasteiger partial charge in [0, 0.05) is 0 Å². The highest BCUT2D eigenvalue weighted by atomic mass is 16.5. The molecule has 0 heterocycles. The van der Waals surface area contributed by atoms with E-state index in [2.05, 4.69) is 9.47 Å². The molecule has 8 heteroatoms. The summed E-state index contributed by atoms with van der Waals surface area (Å²) in [5.41, 5.74) is 1.24. The van der Waals surface area contributed by atoms with Gasteiger partial charge in [-0.3, -0.25) is 0 Å². The second kappa shape index (κ2) is 10.7. The molecule has 0 unspecified atom stereocenters. The molecule has 0 fully saturated rings. The lowest BCUT2D eigenvalue weighted by atomic mass is 10.1. The number of aromatic carboxylic acids is 1. The first-order valence-corrected chi connectivity index (χ1v) is 8.99. The van der Waals surface area contributed by atoms with E-state index in [-0.39, 0.29) is 17.7 Å². The van der Waals surface area contributed by atoms with E-state index in [1.807, 2.05) is 6.92 Å². The molecule has 0 spiro atoms. The van der Waals surface area contributed by atoms with Crippen LogP contribution in [0.5, 0.6) is 11.5 Å². The summed E-state index contributed by atoms with van der Waals surface area (Å²) >= 11 is 0. The molecule has 0 saturated heterocycles. The van der Waals surface area contributed by atoms with Crippen LogP contribution in [0.25, 0.3) is 6.08 Å². The average Bonchev–Trinajstić information content (AvgIpc) is 2.76. The van der Waals surface area contributed by atoms with Gasteiger partial charge < -0.3 is 24.1 Å². The van der Waals surface area contributed by atoms with Crippen molar-refractivity contribution >= 4 is 24.0 Å². The Kier molecular flexibility index (Phi) is 7.99. The molecule has 1 N–H and O–H groups in total. The summed E-state index contributed by atoms with van der Waals surface area (Å²) in [6, 6.07) is 11.3. The van der Waals surface area contributed by atoms with E-state index in [0.717, 1.165) is 5.56 Å². The van der Waals surface area contributed by atoms with Gasteiger partial charge in [0.1, 0.15) is 12.2 Å². The Labute approximate surface area is 173 Å². The number of carbonyl (C=O) groups excluding carboxylic acids is 2. The smallest absolute Gasteiger partial charge is 0.345 e. The average molecular weight is 414 g/mol. The van der Waals surface area contributed by atoms with Gasteiger partial charge in [0.2, 0.25) is 0 Å². The van der Waals surface area contributed by atoms with Crippen molar-refractivity contribution in [1.82, 2.24) is 0 Å². The summed E-state index contributed by atoms with van der Waals surface area (Å²) < 4.78 is 20.6. The van der Waals surface area contributed by atoms with Gasteiger partial charge >= 0.3 is 17.9 Å². The standard InChI is InChI=1S/C22H22O8/c1-4-29-19-12-15(11-17(21(25)27-2)22(26)28-3)7-10-18(19)30-13-14-5-8-16(9-6-14)20(23)24/h5-12H,4,13H2,1-3H3,(H,23,24). The Bertz CT molecular complexity index is 926. The Morgan fingerprint density at radius 2 is 1.53 bits per heavy atom. The Morgan fingerprint density at radius 3 is 2.07 bits per heavy atom. The van der Waals surface area contributed by atoms with Crippen LogP contribution in [-0.2, 0) is 25.7 Å². The van der Waals surface area contributed by atoms with E-state index in [0.29, 0.717) is 23.7 Å². The summed E-state index contributed by atoms with van der Waals surface area (Å²) in [5.74, 6) is -1.76. The van der Waals surface area contributed by atoms with Crippen LogP contribution in [0.15, 0.2) is 48.0 Å². The van der Waals surface area contributed by atoms with Gasteiger partial charge in [-0.2, -0.15) is 0 Å². The van der Waals surface area contributed by atoms with Gasteiger partial charge in [0.25, 0.3) is 0 Å². The zero-order chi connectivity index (χ0) is 22.1. The highest BCUT2D eigenvalue weighted by Crippen LogP contribution is 2.30. The van der Waals surface area contributed by atoms with Crippen LogP contribution in [0.1, 0.15) is 28.4 Å². The molecule has 8 nitrogen and oxygen atoms in total. The summed E-state index contributed by atoms with van der Waals surface area (Å²) in [6.45, 7) is 2.38. The Morgan fingerprint density at radius 1 is 0.900 bits per heavy atom. The van der Waals surface area contributed by atoms with E-state index >= 15 is 0 Å². The van der Waals surface area contributed by atoms with Crippen molar-refractivity contribution < 1.29 is 38.4 Å². The topological polar surface area (TPSA) is 108 Å². The molecule has 158 valence electrons. The maximum atomic E-state index is 11.8. The van der Waals surface area contributed by atoms with Crippen molar-refractivity contribution in [2.24, 2.45) is 0 Å². The number of carboxylic acid groups (broad SMARTS) is 1. The number of ether oxygens (including phenoxy) is 4. The molecule has 0 aromatic heterocycles. The number of carboxylic acids is 1. The van der Waals surface area contributed by atoms with Gasteiger partial charge in [-0.15, -0.1) is 0 Å². The number of esters is 2. The monoisotopic (exact) mass is 414 g/mol. The first kappa shape index (κ1) is 22.5. The SMILES string of the molecule is CCOc1cc(C=C(C(=O)OC)C(=O)OC)ccc1OCc1ccc(C(=O)O)cc1. The first-order valence-electron chi connectivity index (χ1n) is 8.99. The van der Waals surface area contributed by atoms with Crippen LogP contribution in [0.3, 0.4) is 0 Å². The molecule has 2 rings (SSSR count). The molecule has 0 aliphatic carbocycles. The fraction of sp³-hybridized carbons (Fsp3) is 0.227. The highest BCUT2D eigenvalue weighted by Gasteiger charge is 2.20. The molecular weight excluding hydrogens is 392 g/mol. The Hall–Kier alpha value is -3.81. The number of rotatable bonds is 9. The molecule has 0 saturated carbocycles. The molecule has 0 amide bonds. The van der Waals surface area contributed by atoms with Crippen molar-refractivity contribution in [2.45, 2.75) is 13.5 Å². The van der Waals surface area contributed by atoms with E-state index < -0.39 is 17.9 Å². The fourth-order valence-corrected chi connectivity index (χ4v) is 2.49. The highest BCUT2D eigenvalue weighted by molar-refractivity contribution is 6.17. The lowest BCUT2D eigenvalue weighted by Gasteiger charge is -2.13. The Balaban J connectivity index is 2.25. The quantitative estimate of drug-likeness (QED) is 0.289. The lowest BCUT2D eigenvalue weighted by Crippen LogP contribution is -2.15. The van der Waals surface area contributed by atoms with Gasteiger partial charge in [-0.1, -0.05) is 18.2 Å². The minimum Gasteiger partial charge on any atom is -0.490 e. The van der Waals surface area contributed by atoms with Crippen LogP contribution in [0.4, 0.5) is 0 Å². The zero-order valence-corrected chi connectivity index (χ0v) is 16.8. The van der Waals surface area contributed by atoms with Gasteiger partial charge in [0.05, 0.1) is 26.4 Å². The van der Waals surface area contributed by atoms with Gasteiger partial charge in [-0.25, -0.2) is 14.4 Å². The van der Waals surface area contributed by atoms with E-state index in [4.69, 9.17) is 14.6 Å². The lowest BCUT2D eigenvalue weighted by molar-refractivity contribution is -0.143. The van der Waals surface area contributed by atoms with Gasteiger partial charge in [-0.05, 0) is 48.4 Å². The zero-order valence-electron chi connectivity index (χ0n) is 16.8. The molecule has 2 aromatic carbocycles. The van der Waals surface area contributed by atoms with Crippen molar-refractivity contribution in [3.05, 3.63) is 64.7 Å². The third-order valence-corrected chi connectivity index (χ3v) is 3.98. The van der Waals surface area contributed by atoms with Crippen molar-refractivity contribution in [1.29, 1.82) is 0 Å². The van der Waals surface area contributed by atoms with Crippen LogP contribution < -0.4 is 9.47 Å². The van der Waals surface area contributed by atoms with Crippen LogP contribution >= 0.6 is 0 Å². The number of carbonyl (C=O) groups is 3. The summed E-state index contributed by atoms with van der Waals surface area (Å²) in [6.07, 6.45) is 1.34. The number of hydrogen-bond acceptors (Lipinski definition) is 7. The fourth-order valence-electron chi connectivity index (χ4n) is 2.49. The third-order valence-electron chi connectivity index (χ3n) is 3.98. The van der Waals surface area contributed by atoms with Crippen LogP contribution in [0, 0.1) is 0 Å². The van der Waals surface area contributed by atoms with E-state index in [1.165, 1.54) is 32.4 Å². The third kappa shape index (κ3) is 5.84. The van der Waals surface area contributed by atoms with Gasteiger partial charge in [0.15, 0.2) is 11.5 Å². The van der Waals surface area contributed by atoms with Crippen molar-refractivity contribution in [3.63, 3.8) is 0 Å². The van der Waals surface area contributed by atoms with E-state index in [9.17, 15) is 14.4 Å². The number of methoxy groups -OCH3 is 2.